The standard InChI is InChI=1S/C16H28N2/c1-4-15(14(2)3)18-12-8-11-17-16(13-18)9-6-5-7-10-16/h1,14-15,17H,5-13H2,2-3H3. The fourth-order valence-corrected chi connectivity index (χ4v) is 3.68. The summed E-state index contributed by atoms with van der Waals surface area (Å²) in [7, 11) is 0. The van der Waals surface area contributed by atoms with Gasteiger partial charge < -0.3 is 5.32 Å². The van der Waals surface area contributed by atoms with E-state index >= 15 is 0 Å². The van der Waals surface area contributed by atoms with Gasteiger partial charge in [0.1, 0.15) is 0 Å². The normalized spacial score (nSPS) is 26.8. The Hall–Kier alpha value is -0.520. The van der Waals surface area contributed by atoms with E-state index in [1.54, 1.807) is 0 Å². The van der Waals surface area contributed by atoms with Crippen LogP contribution in [0.5, 0.6) is 0 Å². The topological polar surface area (TPSA) is 15.3 Å². The number of terminal acetylenes is 1. The molecule has 2 aliphatic rings. The van der Waals surface area contributed by atoms with Crippen molar-refractivity contribution in [3.63, 3.8) is 0 Å². The molecule has 2 rings (SSSR count). The molecule has 1 saturated heterocycles. The van der Waals surface area contributed by atoms with E-state index in [1.165, 1.54) is 38.5 Å². The zero-order valence-corrected chi connectivity index (χ0v) is 12.0. The van der Waals surface area contributed by atoms with Gasteiger partial charge in [0.15, 0.2) is 0 Å². The summed E-state index contributed by atoms with van der Waals surface area (Å²) < 4.78 is 0. The molecule has 1 N–H and O–H groups in total. The second kappa shape index (κ2) is 6.08. The Balaban J connectivity index is 2.09. The zero-order chi connectivity index (χ0) is 13.0. The van der Waals surface area contributed by atoms with Crippen LogP contribution in [0.25, 0.3) is 0 Å². The second-order valence-electron chi connectivity index (χ2n) is 6.45. The number of nitrogens with zero attached hydrogens (tertiary/aromatic N) is 1. The summed E-state index contributed by atoms with van der Waals surface area (Å²) in [5.41, 5.74) is 0.360. The molecule has 0 aromatic heterocycles. The van der Waals surface area contributed by atoms with Crippen LogP contribution in [0, 0.1) is 18.3 Å². The maximum atomic E-state index is 5.76. The first-order valence-corrected chi connectivity index (χ1v) is 7.62. The van der Waals surface area contributed by atoms with E-state index in [9.17, 15) is 0 Å². The molecule has 0 bridgehead atoms. The highest BCUT2D eigenvalue weighted by Crippen LogP contribution is 2.31. The van der Waals surface area contributed by atoms with Gasteiger partial charge in [-0.05, 0) is 31.7 Å². The average Bonchev–Trinajstić information content (AvgIpc) is 2.54. The molecule has 1 heterocycles. The minimum atomic E-state index is 0.309. The lowest BCUT2D eigenvalue weighted by atomic mass is 9.81. The van der Waals surface area contributed by atoms with Crippen LogP contribution < -0.4 is 5.32 Å². The molecule has 1 saturated carbocycles. The molecule has 1 unspecified atom stereocenters. The molecule has 102 valence electrons. The van der Waals surface area contributed by atoms with Crippen molar-refractivity contribution in [2.75, 3.05) is 19.6 Å². The molecule has 2 heteroatoms. The molecule has 1 spiro atoms. The highest BCUT2D eigenvalue weighted by Gasteiger charge is 2.36. The van der Waals surface area contributed by atoms with Gasteiger partial charge in [-0.15, -0.1) is 6.42 Å². The highest BCUT2D eigenvalue weighted by molar-refractivity contribution is 5.05. The summed E-state index contributed by atoms with van der Waals surface area (Å²) in [4.78, 5) is 2.57. The van der Waals surface area contributed by atoms with Crippen molar-refractivity contribution in [1.82, 2.24) is 10.2 Å². The van der Waals surface area contributed by atoms with Crippen LogP contribution in [0.3, 0.4) is 0 Å². The lowest BCUT2D eigenvalue weighted by molar-refractivity contribution is 0.130. The van der Waals surface area contributed by atoms with Gasteiger partial charge in [-0.3, -0.25) is 4.90 Å². The van der Waals surface area contributed by atoms with Crippen molar-refractivity contribution in [2.45, 2.75) is 64.0 Å². The largest absolute Gasteiger partial charge is 0.310 e. The highest BCUT2D eigenvalue weighted by atomic mass is 15.2. The van der Waals surface area contributed by atoms with E-state index in [0.29, 0.717) is 17.5 Å². The summed E-state index contributed by atoms with van der Waals surface area (Å²) in [6.07, 6.45) is 13.8. The molecular weight excluding hydrogens is 220 g/mol. The number of nitrogens with one attached hydrogen (secondary N) is 1. The lowest BCUT2D eigenvalue weighted by Crippen LogP contribution is -2.54. The Morgan fingerprint density at radius 3 is 2.50 bits per heavy atom. The van der Waals surface area contributed by atoms with Gasteiger partial charge in [-0.25, -0.2) is 0 Å². The van der Waals surface area contributed by atoms with Gasteiger partial charge in [-0.2, -0.15) is 0 Å². The van der Waals surface area contributed by atoms with Crippen molar-refractivity contribution < 1.29 is 0 Å². The Bertz CT molecular complexity index is 297. The van der Waals surface area contributed by atoms with Gasteiger partial charge in [0, 0.05) is 18.6 Å². The van der Waals surface area contributed by atoms with Gasteiger partial charge in [-0.1, -0.05) is 39.0 Å². The van der Waals surface area contributed by atoms with Crippen molar-refractivity contribution in [1.29, 1.82) is 0 Å². The van der Waals surface area contributed by atoms with Crippen LogP contribution in [-0.2, 0) is 0 Å². The molecule has 18 heavy (non-hydrogen) atoms. The van der Waals surface area contributed by atoms with Crippen LogP contribution in [-0.4, -0.2) is 36.1 Å². The van der Waals surface area contributed by atoms with E-state index in [4.69, 9.17) is 6.42 Å². The Morgan fingerprint density at radius 1 is 1.17 bits per heavy atom. The molecule has 2 nitrogen and oxygen atoms in total. The molecule has 1 atom stereocenters. The summed E-state index contributed by atoms with van der Waals surface area (Å²) in [6.45, 7) is 7.96. The SMILES string of the molecule is C#CC(C(C)C)N1CCCNC2(CCCCC2)C1. The van der Waals surface area contributed by atoms with Crippen molar-refractivity contribution in [3.8, 4) is 12.3 Å². The van der Waals surface area contributed by atoms with Crippen molar-refractivity contribution in [2.24, 2.45) is 5.92 Å². The quantitative estimate of drug-likeness (QED) is 0.756. The first kappa shape index (κ1) is 13.9. The molecule has 0 aromatic rings. The first-order chi connectivity index (χ1) is 8.67. The minimum Gasteiger partial charge on any atom is -0.310 e. The molecule has 1 aliphatic carbocycles. The average molecular weight is 248 g/mol. The van der Waals surface area contributed by atoms with Crippen LogP contribution >= 0.6 is 0 Å². The fourth-order valence-electron chi connectivity index (χ4n) is 3.68. The summed E-state index contributed by atoms with van der Waals surface area (Å²) in [6, 6.07) is 0.309. The number of hydrogen-bond acceptors (Lipinski definition) is 2. The summed E-state index contributed by atoms with van der Waals surface area (Å²) in [5.74, 6) is 3.57. The molecule has 1 aliphatic heterocycles. The number of rotatable bonds is 2. The fraction of sp³-hybridized carbons (Fsp3) is 0.875. The first-order valence-electron chi connectivity index (χ1n) is 7.62. The molecular formula is C16H28N2. The number of hydrogen-bond donors (Lipinski definition) is 1. The van der Waals surface area contributed by atoms with E-state index in [0.717, 1.165) is 19.6 Å². The van der Waals surface area contributed by atoms with Gasteiger partial charge >= 0.3 is 0 Å². The lowest BCUT2D eigenvalue weighted by Gasteiger charge is -2.42. The predicted molar refractivity (Wildman–Crippen MR) is 77.5 cm³/mol. The molecule has 0 radical (unpaired) electrons. The van der Waals surface area contributed by atoms with Gasteiger partial charge in [0.05, 0.1) is 6.04 Å². The van der Waals surface area contributed by atoms with Crippen LogP contribution in [0.2, 0.25) is 0 Å². The van der Waals surface area contributed by atoms with Crippen LogP contribution in [0.15, 0.2) is 0 Å². The maximum Gasteiger partial charge on any atom is 0.0735 e. The Kier molecular flexibility index (Phi) is 4.70. The maximum absolute atomic E-state index is 5.76. The van der Waals surface area contributed by atoms with Crippen molar-refractivity contribution >= 4 is 0 Å². The summed E-state index contributed by atoms with van der Waals surface area (Å²) >= 11 is 0. The second-order valence-corrected chi connectivity index (χ2v) is 6.45. The van der Waals surface area contributed by atoms with E-state index < -0.39 is 0 Å². The van der Waals surface area contributed by atoms with Crippen LogP contribution in [0.4, 0.5) is 0 Å². The molecule has 0 aromatic carbocycles. The van der Waals surface area contributed by atoms with Crippen LogP contribution in [0.1, 0.15) is 52.4 Å². The van der Waals surface area contributed by atoms with E-state index in [1.807, 2.05) is 0 Å². The monoisotopic (exact) mass is 248 g/mol. The van der Waals surface area contributed by atoms with E-state index in [2.05, 4.69) is 30.0 Å². The zero-order valence-electron chi connectivity index (χ0n) is 12.0. The Morgan fingerprint density at radius 2 is 1.89 bits per heavy atom. The third-order valence-electron chi connectivity index (χ3n) is 4.63. The Labute approximate surface area is 113 Å². The summed E-state index contributed by atoms with van der Waals surface area (Å²) in [5, 5.41) is 3.83. The molecule has 2 fully saturated rings. The van der Waals surface area contributed by atoms with Gasteiger partial charge in [0.2, 0.25) is 0 Å². The van der Waals surface area contributed by atoms with Crippen molar-refractivity contribution in [3.05, 3.63) is 0 Å². The minimum absolute atomic E-state index is 0.309. The predicted octanol–water partition coefficient (Wildman–Crippen LogP) is 2.64. The smallest absolute Gasteiger partial charge is 0.0735 e. The van der Waals surface area contributed by atoms with Gasteiger partial charge in [0.25, 0.3) is 0 Å². The third kappa shape index (κ3) is 3.08. The third-order valence-corrected chi connectivity index (χ3v) is 4.63. The van der Waals surface area contributed by atoms with E-state index in [-0.39, 0.29) is 0 Å². The molecule has 0 amide bonds.